The number of fused-ring (bicyclic) bond motifs is 2. The van der Waals surface area contributed by atoms with E-state index in [9.17, 15) is 9.59 Å². The number of carbonyl (C=O) groups is 2. The van der Waals surface area contributed by atoms with Gasteiger partial charge in [0.1, 0.15) is 5.41 Å². The van der Waals surface area contributed by atoms with Crippen LogP contribution in [0, 0.1) is 0 Å². The number of aromatic nitrogens is 4. The van der Waals surface area contributed by atoms with Crippen LogP contribution in [-0.4, -0.2) is 43.2 Å². The Hall–Kier alpha value is -3.42. The lowest BCUT2D eigenvalue weighted by atomic mass is 9.73. The van der Waals surface area contributed by atoms with Crippen molar-refractivity contribution in [3.63, 3.8) is 0 Å². The predicted molar refractivity (Wildman–Crippen MR) is 96.9 cm³/mol. The SMILES string of the molecule is Cn1cc(C2N(C(=O)c3cn[nH]c3)CCC23C(=O)Nc2ccccc23)cn1. The molecule has 1 fully saturated rings. The molecule has 27 heavy (non-hydrogen) atoms. The van der Waals surface area contributed by atoms with E-state index in [-0.39, 0.29) is 11.8 Å². The van der Waals surface area contributed by atoms with Gasteiger partial charge < -0.3 is 10.2 Å². The molecule has 2 atom stereocenters. The van der Waals surface area contributed by atoms with E-state index in [1.54, 1.807) is 22.0 Å². The molecule has 2 unspecified atom stereocenters. The number of amides is 2. The molecule has 2 aromatic heterocycles. The molecule has 2 aliphatic heterocycles. The molecule has 2 N–H and O–H groups in total. The second-order valence-electron chi connectivity index (χ2n) is 7.06. The average Bonchev–Trinajstić information content (AvgIpc) is 3.44. The fraction of sp³-hybridized carbons (Fsp3) is 0.263. The van der Waals surface area contributed by atoms with Gasteiger partial charge in [0.25, 0.3) is 5.91 Å². The van der Waals surface area contributed by atoms with Crippen LogP contribution in [-0.2, 0) is 17.3 Å². The largest absolute Gasteiger partial charge is 0.330 e. The molecule has 0 bridgehead atoms. The number of hydrogen-bond acceptors (Lipinski definition) is 4. The van der Waals surface area contributed by atoms with Crippen LogP contribution in [0.4, 0.5) is 5.69 Å². The summed E-state index contributed by atoms with van der Waals surface area (Å²) in [5, 5.41) is 13.9. The third-order valence-electron chi connectivity index (χ3n) is 5.63. The number of rotatable bonds is 2. The van der Waals surface area contributed by atoms with Crippen LogP contribution in [0.3, 0.4) is 0 Å². The van der Waals surface area contributed by atoms with E-state index >= 15 is 0 Å². The Morgan fingerprint density at radius 2 is 2.15 bits per heavy atom. The second-order valence-corrected chi connectivity index (χ2v) is 7.06. The number of nitrogens with zero attached hydrogens (tertiary/aromatic N) is 4. The number of aromatic amines is 1. The third kappa shape index (κ3) is 2.09. The molecule has 8 nitrogen and oxygen atoms in total. The smallest absolute Gasteiger partial charge is 0.257 e. The molecule has 0 radical (unpaired) electrons. The number of aryl methyl sites for hydroxylation is 1. The number of benzene rings is 1. The van der Waals surface area contributed by atoms with Gasteiger partial charge in [-0.15, -0.1) is 0 Å². The second kappa shape index (κ2) is 5.54. The fourth-order valence-corrected chi connectivity index (χ4v) is 4.48. The standard InChI is InChI=1S/C19H18N6O2/c1-24-11-13(10-22-24)16-19(14-4-2-3-5-15(14)23-18(19)27)6-7-25(16)17(26)12-8-20-21-9-12/h2-5,8-11,16H,6-7H2,1H3,(H,20,21)(H,23,27). The number of carbonyl (C=O) groups excluding carboxylic acids is 2. The lowest BCUT2D eigenvalue weighted by Crippen LogP contribution is -2.42. The minimum atomic E-state index is -0.820. The molecule has 1 spiro atoms. The number of hydrogen-bond donors (Lipinski definition) is 2. The summed E-state index contributed by atoms with van der Waals surface area (Å²) in [5.41, 5.74) is 2.26. The van der Waals surface area contributed by atoms with E-state index in [1.165, 1.54) is 6.20 Å². The Morgan fingerprint density at radius 3 is 2.89 bits per heavy atom. The summed E-state index contributed by atoms with van der Waals surface area (Å²) < 4.78 is 1.70. The van der Waals surface area contributed by atoms with Crippen LogP contribution >= 0.6 is 0 Å². The highest BCUT2D eigenvalue weighted by molar-refractivity contribution is 6.08. The van der Waals surface area contributed by atoms with Gasteiger partial charge in [-0.05, 0) is 18.1 Å². The fourth-order valence-electron chi connectivity index (χ4n) is 4.48. The van der Waals surface area contributed by atoms with E-state index in [4.69, 9.17) is 0 Å². The van der Waals surface area contributed by atoms with Crippen molar-refractivity contribution in [3.8, 4) is 0 Å². The minimum absolute atomic E-state index is 0.0694. The molecule has 8 heteroatoms. The molecule has 2 aliphatic rings. The van der Waals surface area contributed by atoms with Gasteiger partial charge in [-0.3, -0.25) is 19.4 Å². The molecule has 0 saturated carbocycles. The van der Waals surface area contributed by atoms with Crippen molar-refractivity contribution in [2.75, 3.05) is 11.9 Å². The van der Waals surface area contributed by atoms with Crippen molar-refractivity contribution in [2.24, 2.45) is 7.05 Å². The molecule has 2 amide bonds. The summed E-state index contributed by atoms with van der Waals surface area (Å²) in [4.78, 5) is 28.1. The van der Waals surface area contributed by atoms with Gasteiger partial charge in [0.2, 0.25) is 5.91 Å². The van der Waals surface area contributed by atoms with E-state index in [2.05, 4.69) is 20.6 Å². The van der Waals surface area contributed by atoms with Crippen LogP contribution in [0.2, 0.25) is 0 Å². The maximum atomic E-state index is 13.2. The molecule has 5 rings (SSSR count). The topological polar surface area (TPSA) is 95.9 Å². The quantitative estimate of drug-likeness (QED) is 0.724. The Morgan fingerprint density at radius 1 is 1.30 bits per heavy atom. The van der Waals surface area contributed by atoms with Gasteiger partial charge in [-0.2, -0.15) is 10.2 Å². The highest BCUT2D eigenvalue weighted by Gasteiger charge is 2.59. The van der Waals surface area contributed by atoms with Gasteiger partial charge in [0.05, 0.1) is 24.0 Å². The Kier molecular flexibility index (Phi) is 3.24. The monoisotopic (exact) mass is 362 g/mol. The van der Waals surface area contributed by atoms with E-state index < -0.39 is 11.5 Å². The first-order valence-corrected chi connectivity index (χ1v) is 8.80. The lowest BCUT2D eigenvalue weighted by molar-refractivity contribution is -0.121. The zero-order valence-corrected chi connectivity index (χ0v) is 14.7. The molecule has 136 valence electrons. The summed E-state index contributed by atoms with van der Waals surface area (Å²) in [7, 11) is 1.83. The number of anilines is 1. The van der Waals surface area contributed by atoms with Crippen molar-refractivity contribution in [2.45, 2.75) is 17.9 Å². The summed E-state index contributed by atoms with van der Waals surface area (Å²) in [6.07, 6.45) is 7.26. The molecule has 1 saturated heterocycles. The van der Waals surface area contributed by atoms with Crippen LogP contribution in [0.15, 0.2) is 49.1 Å². The van der Waals surface area contributed by atoms with Gasteiger partial charge in [0, 0.05) is 37.2 Å². The van der Waals surface area contributed by atoms with Crippen LogP contribution < -0.4 is 5.32 Å². The number of nitrogens with one attached hydrogen (secondary N) is 2. The number of likely N-dealkylation sites (tertiary alicyclic amines) is 1. The van der Waals surface area contributed by atoms with Gasteiger partial charge in [0.15, 0.2) is 0 Å². The molecule has 1 aromatic carbocycles. The van der Waals surface area contributed by atoms with Crippen molar-refractivity contribution >= 4 is 17.5 Å². The molecular weight excluding hydrogens is 344 g/mol. The Labute approximate surface area is 155 Å². The van der Waals surface area contributed by atoms with Crippen molar-refractivity contribution in [1.29, 1.82) is 0 Å². The lowest BCUT2D eigenvalue weighted by Gasteiger charge is -2.33. The Balaban J connectivity index is 1.68. The molecule has 3 aromatic rings. The maximum absolute atomic E-state index is 13.2. The highest BCUT2D eigenvalue weighted by Crippen LogP contribution is 2.54. The summed E-state index contributed by atoms with van der Waals surface area (Å²) in [5.74, 6) is -0.216. The highest BCUT2D eigenvalue weighted by atomic mass is 16.2. The van der Waals surface area contributed by atoms with Crippen LogP contribution in [0.5, 0.6) is 0 Å². The summed E-state index contributed by atoms with van der Waals surface area (Å²) in [6.45, 7) is 0.478. The number of para-hydroxylation sites is 1. The van der Waals surface area contributed by atoms with Gasteiger partial charge in [-0.1, -0.05) is 18.2 Å². The molecular formula is C19H18N6O2. The van der Waals surface area contributed by atoms with Crippen molar-refractivity contribution in [1.82, 2.24) is 24.9 Å². The van der Waals surface area contributed by atoms with Crippen LogP contribution in [0.1, 0.15) is 33.9 Å². The van der Waals surface area contributed by atoms with Gasteiger partial charge >= 0.3 is 0 Å². The van der Waals surface area contributed by atoms with Crippen molar-refractivity contribution in [3.05, 3.63) is 65.7 Å². The normalized spacial score (nSPS) is 23.7. The molecule has 4 heterocycles. The van der Waals surface area contributed by atoms with E-state index in [1.807, 2.05) is 37.5 Å². The first-order chi connectivity index (χ1) is 13.1. The summed E-state index contributed by atoms with van der Waals surface area (Å²) in [6, 6.07) is 7.28. The maximum Gasteiger partial charge on any atom is 0.257 e. The number of H-pyrrole nitrogens is 1. The van der Waals surface area contributed by atoms with Crippen LogP contribution in [0.25, 0.3) is 0 Å². The zero-order chi connectivity index (χ0) is 18.6. The minimum Gasteiger partial charge on any atom is -0.330 e. The van der Waals surface area contributed by atoms with Crippen molar-refractivity contribution < 1.29 is 9.59 Å². The van der Waals surface area contributed by atoms with E-state index in [0.717, 1.165) is 16.8 Å². The third-order valence-corrected chi connectivity index (χ3v) is 5.63. The average molecular weight is 362 g/mol. The first-order valence-electron chi connectivity index (χ1n) is 8.80. The predicted octanol–water partition coefficient (Wildman–Crippen LogP) is 1.62. The molecule has 0 aliphatic carbocycles. The zero-order valence-electron chi connectivity index (χ0n) is 14.7. The Bertz CT molecular complexity index is 1040. The summed E-state index contributed by atoms with van der Waals surface area (Å²) >= 11 is 0. The van der Waals surface area contributed by atoms with E-state index in [0.29, 0.717) is 18.5 Å². The van der Waals surface area contributed by atoms with Gasteiger partial charge in [-0.25, -0.2) is 0 Å². The first kappa shape index (κ1) is 15.8.